The Labute approximate surface area is 186 Å². The molecule has 1 aromatic carbocycles. The summed E-state index contributed by atoms with van der Waals surface area (Å²) in [6.45, 7) is 7.14. The molecule has 7 nitrogen and oxygen atoms in total. The molecule has 0 unspecified atom stereocenters. The van der Waals surface area contributed by atoms with Gasteiger partial charge >= 0.3 is 0 Å². The zero-order chi connectivity index (χ0) is 21.5. The Morgan fingerprint density at radius 3 is 2.77 bits per heavy atom. The van der Waals surface area contributed by atoms with Gasteiger partial charge in [-0.1, -0.05) is 23.5 Å². The van der Waals surface area contributed by atoms with Gasteiger partial charge in [-0.2, -0.15) is 0 Å². The van der Waals surface area contributed by atoms with Crippen molar-refractivity contribution in [2.75, 3.05) is 44.7 Å². The fourth-order valence-electron chi connectivity index (χ4n) is 3.49. The quantitative estimate of drug-likeness (QED) is 0.523. The van der Waals surface area contributed by atoms with Gasteiger partial charge in [0.05, 0.1) is 18.9 Å². The molecule has 1 amide bonds. The standard InChI is InChI=1S/C23H27N5O2S/c1-17-4-2-5-19(16-17)26-23-27-20(18-6-9-24-10-7-18)21(31-23)22(29)25-8-3-11-28-12-14-30-15-13-28/h2,4-7,9-10,16H,3,8,11-15H2,1H3,(H,25,29)(H,26,27). The first-order valence-electron chi connectivity index (χ1n) is 10.5. The molecule has 0 radical (unpaired) electrons. The highest BCUT2D eigenvalue weighted by Gasteiger charge is 2.20. The molecule has 0 saturated carbocycles. The Bertz CT molecular complexity index is 1000. The highest BCUT2D eigenvalue weighted by Crippen LogP contribution is 2.32. The number of morpholine rings is 1. The monoisotopic (exact) mass is 437 g/mol. The summed E-state index contributed by atoms with van der Waals surface area (Å²) in [6.07, 6.45) is 4.34. The highest BCUT2D eigenvalue weighted by atomic mass is 32.1. The number of anilines is 2. The number of nitrogens with zero attached hydrogens (tertiary/aromatic N) is 3. The van der Waals surface area contributed by atoms with Crippen LogP contribution in [-0.4, -0.2) is 60.2 Å². The Morgan fingerprint density at radius 1 is 1.19 bits per heavy atom. The number of nitrogens with one attached hydrogen (secondary N) is 2. The van der Waals surface area contributed by atoms with Crippen molar-refractivity contribution in [2.45, 2.75) is 13.3 Å². The number of benzene rings is 1. The number of rotatable bonds is 8. The van der Waals surface area contributed by atoms with Crippen molar-refractivity contribution in [3.05, 3.63) is 59.2 Å². The molecule has 31 heavy (non-hydrogen) atoms. The van der Waals surface area contributed by atoms with E-state index in [0.717, 1.165) is 56.1 Å². The van der Waals surface area contributed by atoms with Crippen LogP contribution in [0.15, 0.2) is 48.8 Å². The fraction of sp³-hybridized carbons (Fsp3) is 0.348. The third kappa shape index (κ3) is 5.88. The number of hydrogen-bond acceptors (Lipinski definition) is 7. The predicted molar refractivity (Wildman–Crippen MR) is 124 cm³/mol. The van der Waals surface area contributed by atoms with Crippen LogP contribution in [0, 0.1) is 6.92 Å². The van der Waals surface area contributed by atoms with E-state index in [1.165, 1.54) is 11.3 Å². The van der Waals surface area contributed by atoms with Gasteiger partial charge in [-0.05, 0) is 49.7 Å². The Kier molecular flexibility index (Phi) is 7.24. The van der Waals surface area contributed by atoms with Crippen LogP contribution in [-0.2, 0) is 4.74 Å². The van der Waals surface area contributed by atoms with E-state index in [0.29, 0.717) is 22.2 Å². The summed E-state index contributed by atoms with van der Waals surface area (Å²) in [5, 5.41) is 7.09. The van der Waals surface area contributed by atoms with Crippen molar-refractivity contribution in [2.24, 2.45) is 0 Å². The van der Waals surface area contributed by atoms with Crippen molar-refractivity contribution in [1.29, 1.82) is 0 Å². The van der Waals surface area contributed by atoms with Gasteiger partial charge in [0, 0.05) is 43.3 Å². The van der Waals surface area contributed by atoms with Gasteiger partial charge in [0.15, 0.2) is 5.13 Å². The van der Waals surface area contributed by atoms with Crippen LogP contribution < -0.4 is 10.6 Å². The van der Waals surface area contributed by atoms with Gasteiger partial charge < -0.3 is 15.4 Å². The SMILES string of the molecule is Cc1cccc(Nc2nc(-c3ccncc3)c(C(=O)NCCCN3CCOCC3)s2)c1. The number of pyridine rings is 1. The summed E-state index contributed by atoms with van der Waals surface area (Å²) in [4.78, 5) is 24.8. The maximum atomic E-state index is 13.0. The number of aromatic nitrogens is 2. The molecule has 4 rings (SSSR count). The molecule has 1 saturated heterocycles. The minimum atomic E-state index is -0.0939. The van der Waals surface area contributed by atoms with Crippen molar-refractivity contribution in [3.63, 3.8) is 0 Å². The largest absolute Gasteiger partial charge is 0.379 e. The summed E-state index contributed by atoms with van der Waals surface area (Å²) >= 11 is 1.37. The predicted octanol–water partition coefficient (Wildman–Crippen LogP) is 3.71. The maximum Gasteiger partial charge on any atom is 0.263 e. The van der Waals surface area contributed by atoms with Crippen molar-refractivity contribution < 1.29 is 9.53 Å². The lowest BCUT2D eigenvalue weighted by Crippen LogP contribution is -2.38. The zero-order valence-electron chi connectivity index (χ0n) is 17.6. The van der Waals surface area contributed by atoms with E-state index >= 15 is 0 Å². The second-order valence-electron chi connectivity index (χ2n) is 7.49. The van der Waals surface area contributed by atoms with Gasteiger partial charge in [0.1, 0.15) is 4.88 Å². The molecule has 1 aliphatic rings. The van der Waals surface area contributed by atoms with E-state index < -0.39 is 0 Å². The second-order valence-corrected chi connectivity index (χ2v) is 8.49. The number of carbonyl (C=O) groups is 1. The van der Waals surface area contributed by atoms with Gasteiger partial charge in [0.25, 0.3) is 5.91 Å². The van der Waals surface area contributed by atoms with E-state index in [4.69, 9.17) is 9.72 Å². The number of hydrogen-bond donors (Lipinski definition) is 2. The zero-order valence-corrected chi connectivity index (χ0v) is 18.5. The summed E-state index contributed by atoms with van der Waals surface area (Å²) in [5.74, 6) is -0.0939. The first-order valence-corrected chi connectivity index (χ1v) is 11.3. The topological polar surface area (TPSA) is 79.4 Å². The van der Waals surface area contributed by atoms with Gasteiger partial charge in [0.2, 0.25) is 0 Å². The van der Waals surface area contributed by atoms with Crippen LogP contribution in [0.5, 0.6) is 0 Å². The smallest absolute Gasteiger partial charge is 0.263 e. The van der Waals surface area contributed by atoms with E-state index in [2.05, 4.69) is 26.6 Å². The minimum absolute atomic E-state index is 0.0939. The summed E-state index contributed by atoms with van der Waals surface area (Å²) in [6, 6.07) is 11.8. The molecule has 0 aliphatic carbocycles. The normalized spacial score (nSPS) is 14.4. The van der Waals surface area contributed by atoms with E-state index in [-0.39, 0.29) is 5.91 Å². The number of amides is 1. The summed E-state index contributed by atoms with van der Waals surface area (Å²) < 4.78 is 5.38. The molecular formula is C23H27N5O2S. The number of ether oxygens (including phenoxy) is 1. The van der Waals surface area contributed by atoms with Crippen molar-refractivity contribution in [1.82, 2.24) is 20.2 Å². The van der Waals surface area contributed by atoms with Crippen LogP contribution in [0.25, 0.3) is 11.3 Å². The number of thiazole rings is 1. The Morgan fingerprint density at radius 2 is 2.00 bits per heavy atom. The lowest BCUT2D eigenvalue weighted by Gasteiger charge is -2.26. The van der Waals surface area contributed by atoms with E-state index in [1.54, 1.807) is 12.4 Å². The average molecular weight is 438 g/mol. The Balaban J connectivity index is 1.45. The molecule has 8 heteroatoms. The summed E-state index contributed by atoms with van der Waals surface area (Å²) in [7, 11) is 0. The van der Waals surface area contributed by atoms with Crippen LogP contribution in [0.3, 0.4) is 0 Å². The molecular weight excluding hydrogens is 410 g/mol. The van der Waals surface area contributed by atoms with Crippen LogP contribution in [0.1, 0.15) is 21.7 Å². The van der Waals surface area contributed by atoms with Crippen LogP contribution in [0.2, 0.25) is 0 Å². The average Bonchev–Trinajstić information content (AvgIpc) is 3.22. The van der Waals surface area contributed by atoms with E-state index in [1.807, 2.05) is 37.3 Å². The molecule has 3 heterocycles. The molecule has 0 spiro atoms. The van der Waals surface area contributed by atoms with Crippen molar-refractivity contribution >= 4 is 28.1 Å². The van der Waals surface area contributed by atoms with Gasteiger partial charge in [-0.3, -0.25) is 14.7 Å². The maximum absolute atomic E-state index is 13.0. The number of aryl methyl sites for hydroxylation is 1. The molecule has 0 atom stereocenters. The Hall–Kier alpha value is -2.81. The molecule has 2 aromatic heterocycles. The summed E-state index contributed by atoms with van der Waals surface area (Å²) in [5.41, 5.74) is 3.66. The third-order valence-corrected chi connectivity index (χ3v) is 6.07. The molecule has 162 valence electrons. The van der Waals surface area contributed by atoms with Crippen LogP contribution in [0.4, 0.5) is 10.8 Å². The lowest BCUT2D eigenvalue weighted by atomic mass is 10.1. The second kappa shape index (κ2) is 10.5. The molecule has 0 bridgehead atoms. The minimum Gasteiger partial charge on any atom is -0.379 e. The first kappa shape index (κ1) is 21.4. The molecule has 2 N–H and O–H groups in total. The third-order valence-electron chi connectivity index (χ3n) is 5.10. The number of carbonyl (C=O) groups excluding carboxylic acids is 1. The molecule has 1 fully saturated rings. The molecule has 1 aliphatic heterocycles. The van der Waals surface area contributed by atoms with Crippen molar-refractivity contribution in [3.8, 4) is 11.3 Å². The highest BCUT2D eigenvalue weighted by molar-refractivity contribution is 7.18. The first-order chi connectivity index (χ1) is 15.2. The van der Waals surface area contributed by atoms with Crippen LogP contribution >= 0.6 is 11.3 Å². The lowest BCUT2D eigenvalue weighted by molar-refractivity contribution is 0.0374. The molecule has 3 aromatic rings. The van der Waals surface area contributed by atoms with Gasteiger partial charge in [-0.15, -0.1) is 0 Å². The fourth-order valence-corrected chi connectivity index (χ4v) is 4.41. The van der Waals surface area contributed by atoms with Gasteiger partial charge in [-0.25, -0.2) is 4.98 Å². The van der Waals surface area contributed by atoms with E-state index in [9.17, 15) is 4.79 Å².